The van der Waals surface area contributed by atoms with Crippen LogP contribution in [-0.2, 0) is 28.7 Å². The topological polar surface area (TPSA) is 35.5 Å². The second-order valence-corrected chi connectivity index (χ2v) is 7.94. The van der Waals surface area contributed by atoms with Gasteiger partial charge in [0.2, 0.25) is 0 Å². The molecule has 0 atom stereocenters. The van der Waals surface area contributed by atoms with Gasteiger partial charge >= 0.3 is 12.1 Å². The molecule has 3 nitrogen and oxygen atoms in total. The van der Waals surface area contributed by atoms with Gasteiger partial charge in [0.15, 0.2) is 17.4 Å². The normalized spacial score (nSPS) is 13.9. The van der Waals surface area contributed by atoms with Crippen LogP contribution in [0.3, 0.4) is 0 Å². The van der Waals surface area contributed by atoms with Crippen LogP contribution in [0.2, 0.25) is 0 Å². The van der Waals surface area contributed by atoms with E-state index < -0.39 is 41.0 Å². The molecule has 0 unspecified atom stereocenters. The van der Waals surface area contributed by atoms with Crippen molar-refractivity contribution < 1.29 is 36.2 Å². The van der Waals surface area contributed by atoms with Crippen molar-refractivity contribution in [1.82, 2.24) is 0 Å². The maximum Gasteiger partial charge on any atom is 0.426 e. The Hall–Kier alpha value is -2.42. The Labute approximate surface area is 180 Å². The summed E-state index contributed by atoms with van der Waals surface area (Å²) < 4.78 is 79.2. The molecule has 0 bridgehead atoms. The number of ether oxygens (including phenoxy) is 2. The predicted octanol–water partition coefficient (Wildman–Crippen LogP) is 6.69. The summed E-state index contributed by atoms with van der Waals surface area (Å²) in [5.41, 5.74) is 1.32. The van der Waals surface area contributed by atoms with Crippen molar-refractivity contribution in [3.8, 4) is 5.75 Å². The van der Waals surface area contributed by atoms with Gasteiger partial charge in [-0.3, -0.25) is 4.79 Å². The fourth-order valence-corrected chi connectivity index (χ4v) is 4.44. The number of thiophene rings is 1. The minimum atomic E-state index is -4.59. The largest absolute Gasteiger partial charge is 0.483 e. The number of hydrogen-bond acceptors (Lipinski definition) is 4. The molecule has 3 rings (SSSR count). The van der Waals surface area contributed by atoms with Gasteiger partial charge in [0, 0.05) is 12.0 Å². The van der Waals surface area contributed by atoms with Crippen LogP contribution in [-0.4, -0.2) is 12.6 Å². The van der Waals surface area contributed by atoms with Gasteiger partial charge in [0.1, 0.15) is 11.5 Å². The first-order valence-corrected chi connectivity index (χ1v) is 10.7. The Morgan fingerprint density at radius 2 is 1.90 bits per heavy atom. The van der Waals surface area contributed by atoms with E-state index in [1.807, 2.05) is 6.08 Å². The van der Waals surface area contributed by atoms with E-state index in [0.29, 0.717) is 23.3 Å². The highest BCUT2D eigenvalue weighted by Crippen LogP contribution is 2.42. The smallest absolute Gasteiger partial charge is 0.426 e. The lowest BCUT2D eigenvalue weighted by molar-refractivity contribution is -0.143. The minimum Gasteiger partial charge on any atom is -0.483 e. The highest BCUT2D eigenvalue weighted by atomic mass is 32.1. The number of benzene rings is 1. The van der Waals surface area contributed by atoms with Crippen LogP contribution in [0.5, 0.6) is 5.75 Å². The van der Waals surface area contributed by atoms with Crippen LogP contribution in [0.1, 0.15) is 54.2 Å². The molecule has 0 saturated carbocycles. The van der Waals surface area contributed by atoms with Crippen molar-refractivity contribution in [2.24, 2.45) is 0 Å². The van der Waals surface area contributed by atoms with Crippen LogP contribution in [0.4, 0.5) is 22.0 Å². The molecule has 1 aliphatic rings. The summed E-state index contributed by atoms with van der Waals surface area (Å²) in [5.74, 6) is -3.31. The minimum absolute atomic E-state index is 0.0464. The summed E-state index contributed by atoms with van der Waals surface area (Å²) in [6.45, 7) is 1.24. The maximum atomic E-state index is 14.4. The van der Waals surface area contributed by atoms with Gasteiger partial charge in [-0.25, -0.2) is 8.78 Å². The van der Waals surface area contributed by atoms with Crippen LogP contribution < -0.4 is 4.74 Å². The molecule has 2 aromatic rings. The van der Waals surface area contributed by atoms with Gasteiger partial charge in [0.05, 0.1) is 6.61 Å². The Bertz CT molecular complexity index is 955. The molecule has 1 aliphatic carbocycles. The van der Waals surface area contributed by atoms with Gasteiger partial charge in [0.25, 0.3) is 0 Å². The van der Waals surface area contributed by atoms with Gasteiger partial charge in [-0.1, -0.05) is 6.08 Å². The molecule has 31 heavy (non-hydrogen) atoms. The Morgan fingerprint density at radius 3 is 2.48 bits per heavy atom. The lowest BCUT2D eigenvalue weighted by atomic mass is 10.0. The number of esters is 1. The van der Waals surface area contributed by atoms with E-state index in [1.165, 1.54) is 5.38 Å². The summed E-state index contributed by atoms with van der Waals surface area (Å²) in [6.07, 6.45) is -0.408. The van der Waals surface area contributed by atoms with E-state index in [2.05, 4.69) is 0 Å². The molecule has 0 spiro atoms. The van der Waals surface area contributed by atoms with Crippen LogP contribution in [0, 0.1) is 11.6 Å². The fourth-order valence-electron chi connectivity index (χ4n) is 3.47. The van der Waals surface area contributed by atoms with Gasteiger partial charge in [-0.2, -0.15) is 13.2 Å². The second-order valence-electron chi connectivity index (χ2n) is 7.06. The van der Waals surface area contributed by atoms with Crippen LogP contribution in [0.15, 0.2) is 23.6 Å². The van der Waals surface area contributed by atoms with Gasteiger partial charge in [-0.15, -0.1) is 11.3 Å². The molecule has 0 N–H and O–H groups in total. The molecule has 0 saturated heterocycles. The number of hydrogen-bond donors (Lipinski definition) is 0. The summed E-state index contributed by atoms with van der Waals surface area (Å²) in [7, 11) is 0. The second kappa shape index (κ2) is 9.80. The number of allylic oxidation sites excluding steroid dienone is 2. The van der Waals surface area contributed by atoms with Crippen LogP contribution in [0.25, 0.3) is 5.57 Å². The van der Waals surface area contributed by atoms with E-state index >= 15 is 0 Å². The highest BCUT2D eigenvalue weighted by Gasteiger charge is 2.37. The van der Waals surface area contributed by atoms with E-state index in [-0.39, 0.29) is 30.6 Å². The Balaban J connectivity index is 1.79. The van der Waals surface area contributed by atoms with Crippen molar-refractivity contribution >= 4 is 22.9 Å². The molecule has 0 fully saturated rings. The van der Waals surface area contributed by atoms with Crippen molar-refractivity contribution in [3.63, 3.8) is 0 Å². The first kappa shape index (κ1) is 23.2. The lowest BCUT2D eigenvalue weighted by Crippen LogP contribution is -2.10. The van der Waals surface area contributed by atoms with Crippen LogP contribution >= 0.6 is 11.3 Å². The average Bonchev–Trinajstić information content (AvgIpc) is 3.35. The third-order valence-corrected chi connectivity index (χ3v) is 5.95. The van der Waals surface area contributed by atoms with Gasteiger partial charge < -0.3 is 9.47 Å². The zero-order chi connectivity index (χ0) is 22.6. The molecule has 9 heteroatoms. The SMILES string of the molecule is CCOC(=O)CCc1cc(F)c(OCc2c(C3=CCCC3)csc2C(F)(F)F)c(F)c1. The number of carbonyl (C=O) groups excluding carboxylic acids is 1. The highest BCUT2D eigenvalue weighted by molar-refractivity contribution is 7.10. The standard InChI is InChI=1S/C22H21F5O3S/c1-2-29-19(28)8-7-13-9-17(23)20(18(24)10-13)30-11-15-16(14-5-3-4-6-14)12-31-21(15)22(25,26)27/h5,9-10,12H,2-4,6-8,11H2,1H3. The Morgan fingerprint density at radius 1 is 1.19 bits per heavy atom. The summed E-state index contributed by atoms with van der Waals surface area (Å²) in [5, 5.41) is 1.42. The third-order valence-electron chi connectivity index (χ3n) is 4.88. The van der Waals surface area contributed by atoms with E-state index in [0.717, 1.165) is 30.5 Å². The number of alkyl halides is 3. The third kappa shape index (κ3) is 5.64. The molecule has 168 valence electrons. The van der Waals surface area contributed by atoms with Crippen molar-refractivity contribution in [3.05, 3.63) is 56.8 Å². The van der Waals surface area contributed by atoms with Crippen molar-refractivity contribution in [1.29, 1.82) is 0 Å². The molecule has 0 radical (unpaired) electrons. The quantitative estimate of drug-likeness (QED) is 0.325. The average molecular weight is 460 g/mol. The summed E-state index contributed by atoms with van der Waals surface area (Å²) in [4.78, 5) is 10.6. The molecule has 1 aromatic carbocycles. The van der Waals surface area contributed by atoms with Gasteiger partial charge in [-0.05, 0) is 66.8 Å². The van der Waals surface area contributed by atoms with E-state index in [1.54, 1.807) is 6.92 Å². The van der Waals surface area contributed by atoms with E-state index in [4.69, 9.17) is 9.47 Å². The first-order valence-electron chi connectivity index (χ1n) is 9.84. The maximum absolute atomic E-state index is 14.4. The van der Waals surface area contributed by atoms with Crippen molar-refractivity contribution in [2.75, 3.05) is 6.61 Å². The first-order chi connectivity index (χ1) is 14.7. The lowest BCUT2D eigenvalue weighted by Gasteiger charge is -2.14. The molecule has 1 aromatic heterocycles. The molecule has 0 aliphatic heterocycles. The Kier molecular flexibility index (Phi) is 7.35. The van der Waals surface area contributed by atoms with Crippen molar-refractivity contribution in [2.45, 2.75) is 51.8 Å². The monoisotopic (exact) mass is 460 g/mol. The predicted molar refractivity (Wildman–Crippen MR) is 107 cm³/mol. The molecular weight excluding hydrogens is 439 g/mol. The summed E-state index contributed by atoms with van der Waals surface area (Å²) >= 11 is 0.552. The molecule has 0 amide bonds. The zero-order valence-electron chi connectivity index (χ0n) is 16.8. The summed E-state index contributed by atoms with van der Waals surface area (Å²) in [6, 6.07) is 2.02. The number of halogens is 5. The fraction of sp³-hybridized carbons (Fsp3) is 0.409. The molecule has 1 heterocycles. The number of carbonyl (C=O) groups is 1. The number of rotatable bonds is 8. The zero-order valence-corrected chi connectivity index (χ0v) is 17.6. The number of aryl methyl sites for hydroxylation is 1. The molecular formula is C22H21F5O3S. The van der Waals surface area contributed by atoms with E-state index in [9.17, 15) is 26.7 Å².